The number of carbonyl (C=O) groups excluding carboxylic acids is 4. The Morgan fingerprint density at radius 1 is 1.08 bits per heavy atom. The highest BCUT2D eigenvalue weighted by Gasteiger charge is 2.48. The van der Waals surface area contributed by atoms with Gasteiger partial charge in [-0.2, -0.15) is 0 Å². The van der Waals surface area contributed by atoms with Crippen LogP contribution in [0.25, 0.3) is 0 Å². The summed E-state index contributed by atoms with van der Waals surface area (Å²) in [6.45, 7) is 10.8. The topological polar surface area (TPSA) is 106 Å². The fraction of sp³-hybridized carbons (Fsp3) is 0.630. The van der Waals surface area contributed by atoms with Crippen LogP contribution in [-0.4, -0.2) is 83.3 Å². The maximum absolute atomic E-state index is 14.1. The summed E-state index contributed by atoms with van der Waals surface area (Å²) in [5.41, 5.74) is -0.339. The number of methoxy groups -OCH3 is 1. The minimum Gasteiger partial charge on any atom is -0.467 e. The molecule has 2 aliphatic heterocycles. The van der Waals surface area contributed by atoms with Gasteiger partial charge in [0.1, 0.15) is 29.6 Å². The van der Waals surface area contributed by atoms with Crippen molar-refractivity contribution < 1.29 is 37.8 Å². The van der Waals surface area contributed by atoms with Crippen molar-refractivity contribution in [3.8, 4) is 0 Å². The Kier molecular flexibility index (Phi) is 8.28. The van der Waals surface area contributed by atoms with Crippen LogP contribution < -0.4 is 0 Å². The van der Waals surface area contributed by atoms with Gasteiger partial charge in [0.05, 0.1) is 20.2 Å². The zero-order chi connectivity index (χ0) is 28.6. The van der Waals surface area contributed by atoms with E-state index in [1.807, 2.05) is 0 Å². The first-order valence-corrected chi connectivity index (χ1v) is 12.6. The van der Waals surface area contributed by atoms with Gasteiger partial charge in [0.15, 0.2) is 0 Å². The van der Waals surface area contributed by atoms with Gasteiger partial charge in [-0.15, -0.1) is 0 Å². The molecule has 0 radical (unpaired) electrons. The number of amides is 3. The zero-order valence-corrected chi connectivity index (χ0v) is 23.4. The van der Waals surface area contributed by atoms with E-state index in [2.05, 4.69) is 0 Å². The molecule has 3 rings (SSSR count). The number of benzene rings is 1. The second kappa shape index (κ2) is 10.8. The van der Waals surface area contributed by atoms with E-state index in [1.165, 1.54) is 34.9 Å². The average molecular weight is 536 g/mol. The summed E-state index contributed by atoms with van der Waals surface area (Å²) in [4.78, 5) is 56.2. The summed E-state index contributed by atoms with van der Waals surface area (Å²) in [5, 5.41) is 0. The maximum Gasteiger partial charge on any atom is 0.410 e. The van der Waals surface area contributed by atoms with E-state index >= 15 is 0 Å². The molecule has 0 bridgehead atoms. The second-order valence-electron chi connectivity index (χ2n) is 11.9. The Balaban J connectivity index is 1.78. The number of rotatable bonds is 4. The number of hydrogen-bond donors (Lipinski definition) is 0. The third kappa shape index (κ3) is 6.36. The van der Waals surface area contributed by atoms with Gasteiger partial charge in [-0.25, -0.2) is 18.8 Å². The summed E-state index contributed by atoms with van der Waals surface area (Å²) in [7, 11) is 2.70. The van der Waals surface area contributed by atoms with Gasteiger partial charge in [-0.3, -0.25) is 14.6 Å². The molecule has 1 fully saturated rings. The Labute approximate surface area is 223 Å². The van der Waals surface area contributed by atoms with E-state index in [4.69, 9.17) is 14.2 Å². The molecule has 0 unspecified atom stereocenters. The quantitative estimate of drug-likeness (QED) is 0.428. The first kappa shape index (κ1) is 29.2. The average Bonchev–Trinajstić information content (AvgIpc) is 3.42. The van der Waals surface area contributed by atoms with Crippen LogP contribution >= 0.6 is 0 Å². The normalized spacial score (nSPS) is 20.0. The van der Waals surface area contributed by atoms with Crippen molar-refractivity contribution in [1.82, 2.24) is 14.7 Å². The van der Waals surface area contributed by atoms with Gasteiger partial charge in [0.25, 0.3) is 0 Å². The summed E-state index contributed by atoms with van der Waals surface area (Å²) in [6.07, 6.45) is -2.10. The molecule has 10 nitrogen and oxygen atoms in total. The van der Waals surface area contributed by atoms with E-state index < -0.39 is 53.3 Å². The highest BCUT2D eigenvalue weighted by atomic mass is 19.1. The molecular formula is C27H38FN3O7. The van der Waals surface area contributed by atoms with E-state index in [1.54, 1.807) is 53.7 Å². The van der Waals surface area contributed by atoms with Gasteiger partial charge in [-0.1, -0.05) is 32.9 Å². The SMILES string of the molecule is COC(=O)[C@@H]1C[C@@H](OC(=O)N2Cc3cccc(F)c3C2)CN1C(=O)[C@@H](N(C)C(=O)OC(C)(C)C)C(C)(C)C. The highest BCUT2D eigenvalue weighted by molar-refractivity contribution is 5.91. The number of hydrogen-bond acceptors (Lipinski definition) is 7. The first-order valence-electron chi connectivity index (χ1n) is 12.6. The van der Waals surface area contributed by atoms with Crippen molar-refractivity contribution in [3.05, 3.63) is 35.1 Å². The fourth-order valence-corrected chi connectivity index (χ4v) is 4.93. The molecule has 1 saturated heterocycles. The number of likely N-dealkylation sites (N-methyl/N-ethyl adjacent to an activating group) is 1. The summed E-state index contributed by atoms with van der Waals surface area (Å²) in [5.74, 6) is -1.53. The van der Waals surface area contributed by atoms with Crippen LogP contribution in [0.5, 0.6) is 0 Å². The van der Waals surface area contributed by atoms with Crippen LogP contribution in [0.15, 0.2) is 18.2 Å². The van der Waals surface area contributed by atoms with Crippen LogP contribution in [0.1, 0.15) is 59.1 Å². The summed E-state index contributed by atoms with van der Waals surface area (Å²) in [6, 6.07) is 2.70. The summed E-state index contributed by atoms with van der Waals surface area (Å²) < 4.78 is 30.2. The molecular weight excluding hydrogens is 497 g/mol. The lowest BCUT2D eigenvalue weighted by atomic mass is 9.84. The summed E-state index contributed by atoms with van der Waals surface area (Å²) >= 11 is 0. The predicted molar refractivity (Wildman–Crippen MR) is 135 cm³/mol. The van der Waals surface area contributed by atoms with E-state index in [-0.39, 0.29) is 31.9 Å². The number of fused-ring (bicyclic) bond motifs is 1. The van der Waals surface area contributed by atoms with Crippen molar-refractivity contribution in [2.45, 2.75) is 84.8 Å². The molecule has 1 aromatic carbocycles. The molecule has 0 spiro atoms. The Bertz CT molecular complexity index is 1100. The number of nitrogens with zero attached hydrogens (tertiary/aromatic N) is 3. The van der Waals surface area contributed by atoms with Crippen LogP contribution in [0.2, 0.25) is 0 Å². The molecule has 38 heavy (non-hydrogen) atoms. The maximum atomic E-state index is 14.1. The number of ether oxygens (including phenoxy) is 3. The van der Waals surface area contributed by atoms with Gasteiger partial charge in [-0.05, 0) is 37.8 Å². The van der Waals surface area contributed by atoms with Gasteiger partial charge in [0.2, 0.25) is 5.91 Å². The molecule has 0 aromatic heterocycles. The molecule has 2 heterocycles. The largest absolute Gasteiger partial charge is 0.467 e. The van der Waals surface area contributed by atoms with Crippen molar-refractivity contribution >= 4 is 24.1 Å². The molecule has 11 heteroatoms. The standard InChI is InChI=1S/C27H38FN3O7/c1-26(2,3)21(29(7)24(34)38-27(4,5)6)22(32)31-14-17(12-20(31)23(33)36-8)37-25(35)30-13-16-10-9-11-19(28)18(16)15-30/h9-11,17,20-21H,12-15H2,1-8H3/t17-,20+,21-/m1/s1. The van der Waals surface area contributed by atoms with Crippen molar-refractivity contribution in [2.75, 3.05) is 20.7 Å². The van der Waals surface area contributed by atoms with Gasteiger partial charge >= 0.3 is 18.2 Å². The Morgan fingerprint density at radius 2 is 1.74 bits per heavy atom. The number of carbonyl (C=O) groups is 4. The fourth-order valence-electron chi connectivity index (χ4n) is 4.93. The molecule has 3 amide bonds. The predicted octanol–water partition coefficient (Wildman–Crippen LogP) is 3.70. The Morgan fingerprint density at radius 3 is 2.29 bits per heavy atom. The van der Waals surface area contributed by atoms with E-state index in [0.29, 0.717) is 11.1 Å². The van der Waals surface area contributed by atoms with Crippen LogP contribution in [0.3, 0.4) is 0 Å². The number of esters is 1. The van der Waals surface area contributed by atoms with Crippen molar-refractivity contribution in [1.29, 1.82) is 0 Å². The molecule has 3 atom stereocenters. The molecule has 0 N–H and O–H groups in total. The van der Waals surface area contributed by atoms with E-state index in [9.17, 15) is 23.6 Å². The second-order valence-corrected chi connectivity index (χ2v) is 11.9. The number of halogens is 1. The monoisotopic (exact) mass is 535 g/mol. The molecule has 1 aromatic rings. The van der Waals surface area contributed by atoms with Gasteiger partial charge in [0, 0.05) is 25.6 Å². The highest BCUT2D eigenvalue weighted by Crippen LogP contribution is 2.32. The van der Waals surface area contributed by atoms with E-state index in [0.717, 1.165) is 0 Å². The third-order valence-electron chi connectivity index (χ3n) is 6.59. The minimum absolute atomic E-state index is 0.0340. The van der Waals surface area contributed by atoms with Crippen molar-refractivity contribution in [3.63, 3.8) is 0 Å². The lowest BCUT2D eigenvalue weighted by Gasteiger charge is -2.40. The molecule has 0 saturated carbocycles. The van der Waals surface area contributed by atoms with Crippen LogP contribution in [0.4, 0.5) is 14.0 Å². The van der Waals surface area contributed by atoms with Crippen molar-refractivity contribution in [2.24, 2.45) is 5.41 Å². The lowest BCUT2D eigenvalue weighted by molar-refractivity contribution is -0.154. The number of likely N-dealkylation sites (tertiary alicyclic amines) is 1. The third-order valence-corrected chi connectivity index (χ3v) is 6.59. The van der Waals surface area contributed by atoms with Crippen LogP contribution in [0, 0.1) is 11.2 Å². The zero-order valence-electron chi connectivity index (χ0n) is 23.4. The smallest absolute Gasteiger partial charge is 0.410 e. The lowest BCUT2D eigenvalue weighted by Crippen LogP contribution is -2.57. The minimum atomic E-state index is -1.00. The molecule has 0 aliphatic carbocycles. The van der Waals surface area contributed by atoms with Gasteiger partial charge < -0.3 is 19.1 Å². The van der Waals surface area contributed by atoms with Crippen LogP contribution in [-0.2, 0) is 36.9 Å². The first-order chi connectivity index (χ1) is 17.5. The molecule has 210 valence electrons. The Hall–Kier alpha value is -3.37. The molecule has 2 aliphatic rings.